The maximum absolute atomic E-state index is 13.5. The molecular formula is C30H31ClN3NaO5S. The van der Waals surface area contributed by atoms with Crippen LogP contribution >= 0.6 is 22.9 Å². The Balaban J connectivity index is 0.00000387. The van der Waals surface area contributed by atoms with Crippen LogP contribution in [-0.2, 0) is 11.3 Å². The minimum Gasteiger partial charge on any atom is -0.548 e. The van der Waals surface area contributed by atoms with Crippen LogP contribution in [0.15, 0.2) is 42.5 Å². The number of carboxylic acids is 1. The maximum Gasteiger partial charge on any atom is 1.00 e. The van der Waals surface area contributed by atoms with E-state index >= 15 is 0 Å². The molecule has 2 aromatic carbocycles. The van der Waals surface area contributed by atoms with Crippen molar-refractivity contribution in [3.8, 4) is 22.8 Å². The van der Waals surface area contributed by atoms with Gasteiger partial charge in [0.2, 0.25) is 0 Å². The number of nitrogens with zero attached hydrogens (tertiary/aromatic N) is 2. The van der Waals surface area contributed by atoms with Crippen molar-refractivity contribution in [3.05, 3.63) is 58.1 Å². The first kappa shape index (κ1) is 31.4. The fraction of sp³-hybridized carbons (Fsp3) is 0.367. The van der Waals surface area contributed by atoms with Gasteiger partial charge < -0.3 is 23.9 Å². The molecule has 1 unspecified atom stereocenters. The Morgan fingerprint density at radius 2 is 1.83 bits per heavy atom. The second kappa shape index (κ2) is 13.6. The molecule has 0 aliphatic heterocycles. The van der Waals surface area contributed by atoms with Crippen LogP contribution in [0.25, 0.3) is 22.2 Å². The van der Waals surface area contributed by atoms with Crippen LogP contribution in [0.1, 0.15) is 60.3 Å². The predicted molar refractivity (Wildman–Crippen MR) is 156 cm³/mol. The molecule has 41 heavy (non-hydrogen) atoms. The van der Waals surface area contributed by atoms with Crippen LogP contribution in [0, 0.1) is 5.92 Å². The topological polar surface area (TPSA) is 106 Å². The second-order valence-corrected chi connectivity index (χ2v) is 11.5. The molecule has 8 nitrogen and oxygen atoms in total. The number of amides is 1. The number of rotatable bonds is 9. The van der Waals surface area contributed by atoms with Gasteiger partial charge in [0.25, 0.3) is 5.91 Å². The zero-order valence-corrected chi connectivity index (χ0v) is 27.2. The number of nitrogens with one attached hydrogen (secondary N) is 1. The summed E-state index contributed by atoms with van der Waals surface area (Å²) in [6, 6.07) is 12.5. The van der Waals surface area contributed by atoms with Gasteiger partial charge in [-0.1, -0.05) is 56.0 Å². The maximum atomic E-state index is 13.5. The van der Waals surface area contributed by atoms with Gasteiger partial charge in [0.1, 0.15) is 17.2 Å². The van der Waals surface area contributed by atoms with E-state index in [9.17, 15) is 14.7 Å². The minimum absolute atomic E-state index is 0. The van der Waals surface area contributed by atoms with Crippen LogP contribution in [-0.4, -0.2) is 35.6 Å². The fourth-order valence-electron chi connectivity index (χ4n) is 5.64. The summed E-state index contributed by atoms with van der Waals surface area (Å²) in [4.78, 5) is 31.0. The number of aliphatic carboxylic acids is 1. The van der Waals surface area contributed by atoms with E-state index in [0.717, 1.165) is 28.7 Å². The molecule has 1 fully saturated rings. The molecule has 11 heteroatoms. The van der Waals surface area contributed by atoms with Crippen molar-refractivity contribution in [2.75, 3.05) is 19.5 Å². The van der Waals surface area contributed by atoms with Gasteiger partial charge in [-0.25, -0.2) is 4.98 Å². The van der Waals surface area contributed by atoms with Crippen LogP contribution in [0.3, 0.4) is 0 Å². The van der Waals surface area contributed by atoms with Crippen LogP contribution in [0.4, 0.5) is 5.13 Å². The fourth-order valence-corrected chi connectivity index (χ4v) is 6.99. The van der Waals surface area contributed by atoms with Gasteiger partial charge in [-0.3, -0.25) is 10.1 Å². The van der Waals surface area contributed by atoms with Crippen molar-refractivity contribution in [1.29, 1.82) is 0 Å². The molecule has 2 aromatic heterocycles. The summed E-state index contributed by atoms with van der Waals surface area (Å²) in [7, 11) is 3.14. The number of anilines is 1. The Bertz CT molecular complexity index is 1560. The molecule has 210 valence electrons. The van der Waals surface area contributed by atoms with Crippen molar-refractivity contribution in [3.63, 3.8) is 0 Å². The molecule has 1 saturated carbocycles. The van der Waals surface area contributed by atoms with Crippen molar-refractivity contribution in [2.45, 2.75) is 51.5 Å². The number of hydrogen-bond donors (Lipinski definition) is 1. The van der Waals surface area contributed by atoms with Gasteiger partial charge in [-0.2, -0.15) is 0 Å². The molecule has 1 atom stereocenters. The van der Waals surface area contributed by atoms with E-state index in [2.05, 4.69) is 12.2 Å². The molecule has 0 spiro atoms. The molecular weight excluding hydrogens is 573 g/mol. The second-order valence-electron chi connectivity index (χ2n) is 10.1. The summed E-state index contributed by atoms with van der Waals surface area (Å²) in [6.07, 6.45) is 5.94. The number of thiazole rings is 1. The smallest absolute Gasteiger partial charge is 0.548 e. The van der Waals surface area contributed by atoms with E-state index in [1.165, 1.54) is 35.2 Å². The van der Waals surface area contributed by atoms with Gasteiger partial charge in [0, 0.05) is 27.4 Å². The number of ether oxygens (including phenoxy) is 2. The van der Waals surface area contributed by atoms with E-state index in [1.54, 1.807) is 38.5 Å². The molecule has 2 heterocycles. The quantitative estimate of drug-likeness (QED) is 0.295. The van der Waals surface area contributed by atoms with E-state index in [0.29, 0.717) is 38.8 Å². The Labute approximate surface area is 270 Å². The van der Waals surface area contributed by atoms with Crippen LogP contribution in [0.5, 0.6) is 11.5 Å². The zero-order chi connectivity index (χ0) is 28.4. The number of para-hydroxylation sites is 1. The Morgan fingerprint density at radius 1 is 1.12 bits per heavy atom. The third kappa shape index (κ3) is 6.60. The summed E-state index contributed by atoms with van der Waals surface area (Å²) in [5, 5.41) is 16.0. The number of carbonyl (C=O) groups is 2. The van der Waals surface area contributed by atoms with E-state index in [1.807, 2.05) is 18.2 Å². The molecule has 0 saturated heterocycles. The van der Waals surface area contributed by atoms with Gasteiger partial charge >= 0.3 is 29.6 Å². The molecule has 5 rings (SSSR count). The van der Waals surface area contributed by atoms with Crippen molar-refractivity contribution >= 4 is 50.8 Å². The predicted octanol–water partition coefficient (Wildman–Crippen LogP) is 3.13. The zero-order valence-electron chi connectivity index (χ0n) is 23.7. The van der Waals surface area contributed by atoms with Crippen molar-refractivity contribution in [1.82, 2.24) is 9.55 Å². The number of fused-ring (bicyclic) bond motifs is 1. The molecule has 1 aliphatic rings. The Morgan fingerprint density at radius 3 is 2.51 bits per heavy atom. The largest absolute Gasteiger partial charge is 1.00 e. The summed E-state index contributed by atoms with van der Waals surface area (Å²) in [6.45, 7) is 1.78. The number of carbonyl (C=O) groups excluding carboxylic acids is 2. The van der Waals surface area contributed by atoms with E-state index in [4.69, 9.17) is 26.1 Å². The van der Waals surface area contributed by atoms with Crippen molar-refractivity contribution in [2.24, 2.45) is 5.92 Å². The number of aromatic nitrogens is 2. The standard InChI is InChI=1S/C30H32ClN3O5S.Na/c1-17(18-9-5-4-6-10-18)28-27(20-14-25(39-3)21(31)15-24(20)38-2)32-30(40-28)33-29(37)23-13-19-11-7-8-12-22(19)34(23)16-26(35)36;/h7-8,11-15,17-18H,4-6,9-10,16H2,1-3H3,(H,35,36)(H,32,33,37);/q;+1/p-1. The first-order valence-corrected chi connectivity index (χ1v) is 14.5. The van der Waals surface area contributed by atoms with Gasteiger partial charge in [0.15, 0.2) is 5.13 Å². The molecule has 1 N–H and O–H groups in total. The first-order valence-electron chi connectivity index (χ1n) is 13.3. The van der Waals surface area contributed by atoms with E-state index in [-0.39, 0.29) is 41.2 Å². The Hall–Kier alpha value is -2.56. The van der Waals surface area contributed by atoms with Gasteiger partial charge in [-0.15, -0.1) is 11.3 Å². The normalized spacial score (nSPS) is 14.3. The number of carboxylic acid groups (broad SMARTS) is 1. The van der Waals surface area contributed by atoms with Crippen LogP contribution < -0.4 is 49.5 Å². The number of halogens is 1. The van der Waals surface area contributed by atoms with E-state index < -0.39 is 18.4 Å². The van der Waals surface area contributed by atoms with Crippen LogP contribution in [0.2, 0.25) is 5.02 Å². The van der Waals surface area contributed by atoms with Gasteiger partial charge in [0.05, 0.1) is 37.5 Å². The van der Waals surface area contributed by atoms with Gasteiger partial charge in [-0.05, 0) is 42.9 Å². The summed E-state index contributed by atoms with van der Waals surface area (Å²) < 4.78 is 12.6. The van der Waals surface area contributed by atoms with Crippen molar-refractivity contribution < 1.29 is 53.7 Å². The molecule has 0 bridgehead atoms. The number of benzene rings is 2. The monoisotopic (exact) mass is 603 g/mol. The summed E-state index contributed by atoms with van der Waals surface area (Å²) in [5.74, 6) is 0.0329. The number of methoxy groups -OCH3 is 2. The minimum atomic E-state index is -1.28. The average Bonchev–Trinajstić information content (AvgIpc) is 3.54. The summed E-state index contributed by atoms with van der Waals surface area (Å²) in [5.41, 5.74) is 2.29. The third-order valence-corrected chi connectivity index (χ3v) is 9.17. The SMILES string of the molecule is COc1cc(-c2nc(NC(=O)c3cc4ccccc4n3CC(=O)[O-])sc2C(C)C2CCCCC2)c(OC)cc1Cl.[Na+]. The summed E-state index contributed by atoms with van der Waals surface area (Å²) >= 11 is 7.82. The first-order chi connectivity index (χ1) is 19.3. The molecule has 0 radical (unpaired) electrons. The molecule has 1 aliphatic carbocycles. The number of hydrogen-bond acceptors (Lipinski definition) is 7. The average molecular weight is 604 g/mol. The molecule has 4 aromatic rings. The molecule has 1 amide bonds. The third-order valence-electron chi connectivity index (χ3n) is 7.70. The Kier molecular flexibility index (Phi) is 10.4.